The highest BCUT2D eigenvalue weighted by atomic mass is 16.5. The van der Waals surface area contributed by atoms with Crippen LogP contribution in [0.1, 0.15) is 44.7 Å². The average Bonchev–Trinajstić information content (AvgIpc) is 3.38. The van der Waals surface area contributed by atoms with Gasteiger partial charge in [0.1, 0.15) is 17.8 Å². The number of allylic oxidation sites excluding steroid dienone is 1. The Kier molecular flexibility index (Phi) is 6.21. The molecule has 1 saturated carbocycles. The minimum Gasteiger partial charge on any atom is -0.383 e. The number of aromatic nitrogens is 4. The van der Waals surface area contributed by atoms with E-state index in [0.717, 1.165) is 29.4 Å². The van der Waals surface area contributed by atoms with Crippen LogP contribution in [-0.2, 0) is 0 Å². The predicted octanol–water partition coefficient (Wildman–Crippen LogP) is 4.32. The van der Waals surface area contributed by atoms with E-state index in [1.807, 2.05) is 18.3 Å². The molecule has 4 N–H and O–H groups in total. The third kappa shape index (κ3) is 5.30. The molecule has 0 aliphatic heterocycles. The van der Waals surface area contributed by atoms with Crippen LogP contribution in [0, 0.1) is 5.92 Å². The smallest absolute Gasteiger partial charge is 0.156 e. The molecule has 0 unspecified atom stereocenters. The zero-order valence-corrected chi connectivity index (χ0v) is 18.4. The molecule has 1 aliphatic rings. The standard InChI is InChI=1S/C22H21N5.C3H8O2/c23-21-19-9-11-27(22(19)26-14-25-21)18-8-6-15(12-18)3-4-16-5-7-17-2-1-10-24-20(17)13-16;1-3(2,4)5/h1-5,7,9-11,13-15,18H,6,8,12H2,(H2,23,25,26);4-5H,1-2H3/b4-3+;/t15-,18+;/m1./s1. The topological polar surface area (TPSA) is 110 Å². The van der Waals surface area contributed by atoms with Gasteiger partial charge in [-0.05, 0) is 62.8 Å². The molecule has 3 aromatic heterocycles. The van der Waals surface area contributed by atoms with Crippen LogP contribution in [0.2, 0.25) is 0 Å². The van der Waals surface area contributed by atoms with Crippen molar-refractivity contribution in [1.29, 1.82) is 0 Å². The largest absolute Gasteiger partial charge is 0.383 e. The average molecular weight is 432 g/mol. The summed E-state index contributed by atoms with van der Waals surface area (Å²) in [6.07, 6.45) is 13.5. The molecule has 5 rings (SSSR count). The number of aliphatic hydroxyl groups is 2. The molecule has 0 saturated heterocycles. The van der Waals surface area contributed by atoms with Gasteiger partial charge < -0.3 is 20.5 Å². The number of hydrogen-bond donors (Lipinski definition) is 3. The van der Waals surface area contributed by atoms with E-state index in [9.17, 15) is 0 Å². The Labute approximate surface area is 187 Å². The highest BCUT2D eigenvalue weighted by molar-refractivity contribution is 5.86. The van der Waals surface area contributed by atoms with Gasteiger partial charge in [0.15, 0.2) is 5.79 Å². The Bertz CT molecular complexity index is 1240. The molecule has 1 aliphatic carbocycles. The second kappa shape index (κ2) is 9.06. The molecule has 3 heterocycles. The van der Waals surface area contributed by atoms with Gasteiger partial charge in [-0.25, -0.2) is 9.97 Å². The summed E-state index contributed by atoms with van der Waals surface area (Å²) in [5.74, 6) is -0.371. The SMILES string of the molecule is CC(C)(O)O.Nc1ncnc2c1ccn2[C@H]1CC[C@@H](/C=C/c2ccc3cccnc3c2)C1. The van der Waals surface area contributed by atoms with Crippen LogP contribution in [0.15, 0.2) is 61.2 Å². The number of nitrogen functional groups attached to an aromatic ring is 1. The lowest BCUT2D eigenvalue weighted by Gasteiger charge is -2.13. The zero-order valence-electron chi connectivity index (χ0n) is 18.4. The van der Waals surface area contributed by atoms with Crippen molar-refractivity contribution in [2.24, 2.45) is 5.92 Å². The maximum atomic E-state index is 8.08. The predicted molar refractivity (Wildman–Crippen MR) is 128 cm³/mol. The molecule has 166 valence electrons. The van der Waals surface area contributed by atoms with Gasteiger partial charge >= 0.3 is 0 Å². The second-order valence-corrected chi connectivity index (χ2v) is 8.76. The highest BCUT2D eigenvalue weighted by Crippen LogP contribution is 2.37. The zero-order chi connectivity index (χ0) is 22.7. The van der Waals surface area contributed by atoms with Crippen LogP contribution in [0.3, 0.4) is 0 Å². The Morgan fingerprint density at radius 3 is 2.72 bits per heavy atom. The number of hydrogen-bond acceptors (Lipinski definition) is 6. The number of nitrogens with two attached hydrogens (primary N) is 1. The van der Waals surface area contributed by atoms with E-state index in [1.54, 1.807) is 6.33 Å². The van der Waals surface area contributed by atoms with Crippen molar-refractivity contribution < 1.29 is 10.2 Å². The van der Waals surface area contributed by atoms with Crippen LogP contribution in [0.25, 0.3) is 28.0 Å². The minimum atomic E-state index is -1.50. The number of benzene rings is 1. The quantitative estimate of drug-likeness (QED) is 0.417. The monoisotopic (exact) mass is 431 g/mol. The van der Waals surface area contributed by atoms with Crippen molar-refractivity contribution in [1.82, 2.24) is 19.5 Å². The molecular formula is C25H29N5O2. The van der Waals surface area contributed by atoms with E-state index in [2.05, 4.69) is 62.1 Å². The Balaban J connectivity index is 0.000000444. The molecule has 0 spiro atoms. The van der Waals surface area contributed by atoms with Crippen molar-refractivity contribution in [3.8, 4) is 0 Å². The van der Waals surface area contributed by atoms with Gasteiger partial charge in [0.05, 0.1) is 10.9 Å². The summed E-state index contributed by atoms with van der Waals surface area (Å²) in [4.78, 5) is 13.0. The lowest BCUT2D eigenvalue weighted by molar-refractivity contribution is -0.127. The van der Waals surface area contributed by atoms with E-state index < -0.39 is 5.79 Å². The van der Waals surface area contributed by atoms with Gasteiger partial charge in [0.2, 0.25) is 0 Å². The number of rotatable bonds is 3. The molecule has 1 aromatic carbocycles. The fourth-order valence-corrected chi connectivity index (χ4v) is 4.14. The lowest BCUT2D eigenvalue weighted by Crippen LogP contribution is -2.15. The number of anilines is 1. The Morgan fingerprint density at radius 1 is 1.09 bits per heavy atom. The van der Waals surface area contributed by atoms with Crippen molar-refractivity contribution >= 4 is 33.8 Å². The van der Waals surface area contributed by atoms with E-state index in [4.69, 9.17) is 15.9 Å². The van der Waals surface area contributed by atoms with Crippen molar-refractivity contribution in [2.75, 3.05) is 5.73 Å². The number of fused-ring (bicyclic) bond motifs is 2. The minimum absolute atomic E-state index is 0.463. The molecule has 7 heteroatoms. The number of pyridine rings is 1. The lowest BCUT2D eigenvalue weighted by atomic mass is 10.0. The van der Waals surface area contributed by atoms with E-state index in [1.165, 1.54) is 31.2 Å². The molecule has 2 atom stereocenters. The summed E-state index contributed by atoms with van der Waals surface area (Å²) in [5, 5.41) is 18.3. The van der Waals surface area contributed by atoms with E-state index in [0.29, 0.717) is 17.8 Å². The fraction of sp³-hybridized carbons (Fsp3) is 0.320. The van der Waals surface area contributed by atoms with Gasteiger partial charge in [-0.2, -0.15) is 0 Å². The van der Waals surface area contributed by atoms with Crippen LogP contribution in [-0.4, -0.2) is 35.5 Å². The maximum absolute atomic E-state index is 8.08. The molecule has 32 heavy (non-hydrogen) atoms. The normalized spacial score (nSPS) is 18.9. The van der Waals surface area contributed by atoms with Crippen LogP contribution >= 0.6 is 0 Å². The van der Waals surface area contributed by atoms with Gasteiger partial charge in [0.25, 0.3) is 0 Å². The van der Waals surface area contributed by atoms with Gasteiger partial charge in [-0.1, -0.05) is 30.4 Å². The van der Waals surface area contributed by atoms with Crippen molar-refractivity contribution in [2.45, 2.75) is 44.9 Å². The van der Waals surface area contributed by atoms with E-state index in [-0.39, 0.29) is 0 Å². The summed E-state index contributed by atoms with van der Waals surface area (Å²) in [7, 11) is 0. The van der Waals surface area contributed by atoms with E-state index >= 15 is 0 Å². The third-order valence-electron chi connectivity index (χ3n) is 5.57. The Morgan fingerprint density at radius 2 is 1.91 bits per heavy atom. The molecule has 0 radical (unpaired) electrons. The Hall–Kier alpha value is -3.29. The van der Waals surface area contributed by atoms with Gasteiger partial charge in [-0.3, -0.25) is 4.98 Å². The van der Waals surface area contributed by atoms with Crippen molar-refractivity contribution in [3.05, 3.63) is 66.8 Å². The molecule has 0 amide bonds. The summed E-state index contributed by atoms with van der Waals surface area (Å²) in [5.41, 5.74) is 9.16. The molecule has 0 bridgehead atoms. The number of nitrogens with zero attached hydrogens (tertiary/aromatic N) is 4. The first-order valence-electron chi connectivity index (χ1n) is 10.8. The molecule has 1 fully saturated rings. The second-order valence-electron chi connectivity index (χ2n) is 8.76. The van der Waals surface area contributed by atoms with Gasteiger partial charge in [-0.15, -0.1) is 0 Å². The molecule has 7 nitrogen and oxygen atoms in total. The first-order valence-corrected chi connectivity index (χ1v) is 10.8. The summed E-state index contributed by atoms with van der Waals surface area (Å²) in [6, 6.07) is 13.0. The first kappa shape index (κ1) is 21.9. The van der Waals surface area contributed by atoms with Crippen LogP contribution in [0.5, 0.6) is 0 Å². The molecular weight excluding hydrogens is 402 g/mol. The first-order chi connectivity index (χ1) is 15.3. The van der Waals surface area contributed by atoms with Crippen LogP contribution in [0.4, 0.5) is 5.82 Å². The maximum Gasteiger partial charge on any atom is 0.156 e. The van der Waals surface area contributed by atoms with Gasteiger partial charge in [0, 0.05) is 23.8 Å². The van der Waals surface area contributed by atoms with Crippen molar-refractivity contribution in [3.63, 3.8) is 0 Å². The summed E-state index contributed by atoms with van der Waals surface area (Å²) < 4.78 is 2.27. The van der Waals surface area contributed by atoms with Crippen LogP contribution < -0.4 is 5.73 Å². The third-order valence-corrected chi connectivity index (χ3v) is 5.57. The highest BCUT2D eigenvalue weighted by Gasteiger charge is 2.25. The molecule has 4 aromatic rings. The summed E-state index contributed by atoms with van der Waals surface area (Å²) >= 11 is 0. The fourth-order valence-electron chi connectivity index (χ4n) is 4.14. The summed E-state index contributed by atoms with van der Waals surface area (Å²) in [6.45, 7) is 2.60.